The monoisotopic (exact) mass is 882 g/mol. The molecule has 368 valence electrons. The zero-order chi connectivity index (χ0) is 45.1. The fraction of sp³-hybridized carbons (Fsp3) is 0.943. The number of amides is 1. The van der Waals surface area contributed by atoms with Crippen molar-refractivity contribution in [1.82, 2.24) is 5.32 Å². The van der Waals surface area contributed by atoms with E-state index in [9.17, 15) is 30.3 Å². The van der Waals surface area contributed by atoms with Crippen LogP contribution >= 0.6 is 0 Å². The lowest BCUT2D eigenvalue weighted by atomic mass is 9.99. The first-order valence-corrected chi connectivity index (χ1v) is 26.9. The second kappa shape index (κ2) is 43.8. The number of aliphatic hydroxyl groups excluding tert-OH is 5. The van der Waals surface area contributed by atoms with E-state index in [2.05, 4.69) is 19.2 Å². The number of carbonyl (C=O) groups is 1. The molecule has 1 rings (SSSR count). The van der Waals surface area contributed by atoms with Gasteiger partial charge in [-0.1, -0.05) is 251 Å². The van der Waals surface area contributed by atoms with Gasteiger partial charge in [0.25, 0.3) is 0 Å². The lowest BCUT2D eigenvalue weighted by molar-refractivity contribution is -0.302. The van der Waals surface area contributed by atoms with E-state index in [1.807, 2.05) is 6.08 Å². The predicted molar refractivity (Wildman–Crippen MR) is 258 cm³/mol. The zero-order valence-electron chi connectivity index (χ0n) is 40.6. The molecule has 0 aromatic rings. The highest BCUT2D eigenvalue weighted by molar-refractivity contribution is 5.76. The Morgan fingerprint density at radius 2 is 0.887 bits per heavy atom. The minimum atomic E-state index is -1.56. The molecule has 1 amide bonds. The molecule has 1 heterocycles. The molecular weight excluding hydrogens is 779 g/mol. The highest BCUT2D eigenvalue weighted by Crippen LogP contribution is 2.23. The minimum absolute atomic E-state index is 0.171. The number of aliphatic hydroxyl groups is 5. The van der Waals surface area contributed by atoms with Crippen molar-refractivity contribution in [2.24, 2.45) is 0 Å². The average Bonchev–Trinajstić information content (AvgIpc) is 3.27. The van der Waals surface area contributed by atoms with E-state index >= 15 is 0 Å². The van der Waals surface area contributed by atoms with Crippen LogP contribution in [0.25, 0.3) is 0 Å². The van der Waals surface area contributed by atoms with Gasteiger partial charge in [0, 0.05) is 6.42 Å². The van der Waals surface area contributed by atoms with Gasteiger partial charge in [0.15, 0.2) is 6.29 Å². The molecule has 1 fully saturated rings. The summed E-state index contributed by atoms with van der Waals surface area (Å²) in [4.78, 5) is 13.0. The van der Waals surface area contributed by atoms with Gasteiger partial charge in [-0.25, -0.2) is 0 Å². The summed E-state index contributed by atoms with van der Waals surface area (Å²) in [7, 11) is 0. The fourth-order valence-electron chi connectivity index (χ4n) is 8.81. The normalized spacial score (nSPS) is 20.3. The van der Waals surface area contributed by atoms with Crippen molar-refractivity contribution in [3.8, 4) is 0 Å². The number of unbranched alkanes of at least 4 members (excludes halogenated alkanes) is 36. The molecule has 0 aromatic carbocycles. The van der Waals surface area contributed by atoms with Gasteiger partial charge in [-0.2, -0.15) is 0 Å². The molecule has 62 heavy (non-hydrogen) atoms. The Bertz CT molecular complexity index is 981. The van der Waals surface area contributed by atoms with Crippen LogP contribution in [0.5, 0.6) is 0 Å². The van der Waals surface area contributed by atoms with E-state index in [0.717, 1.165) is 38.5 Å². The van der Waals surface area contributed by atoms with E-state index in [1.54, 1.807) is 6.08 Å². The van der Waals surface area contributed by atoms with Gasteiger partial charge in [0.1, 0.15) is 24.4 Å². The maximum Gasteiger partial charge on any atom is 0.220 e. The van der Waals surface area contributed by atoms with Crippen LogP contribution in [0.3, 0.4) is 0 Å². The standard InChI is InChI=1S/C53H103NO8/c1-3-5-7-9-11-13-15-17-19-20-21-22-23-24-25-26-27-28-29-31-33-35-37-39-41-43-49(57)54-46(45-61-53-52(60)51(59)50(58)48(44-55)62-53)47(56)42-40-38-36-34-32-30-18-16-14-12-10-8-6-4-2/h40,42,46-48,50-53,55-56,58-60H,3-39,41,43-45H2,1-2H3,(H,54,57)/b42-40+/t46-,47+,48+,50-,51?,52?,53+/m0/s1. The lowest BCUT2D eigenvalue weighted by Gasteiger charge is -2.40. The van der Waals surface area contributed by atoms with Gasteiger partial charge < -0.3 is 40.3 Å². The first kappa shape index (κ1) is 58.9. The van der Waals surface area contributed by atoms with Crippen molar-refractivity contribution in [1.29, 1.82) is 0 Å². The summed E-state index contributed by atoms with van der Waals surface area (Å²) in [6.07, 6.45) is 45.6. The zero-order valence-corrected chi connectivity index (χ0v) is 40.6. The van der Waals surface area contributed by atoms with E-state index in [0.29, 0.717) is 6.42 Å². The number of nitrogens with one attached hydrogen (secondary N) is 1. The fourth-order valence-corrected chi connectivity index (χ4v) is 8.81. The first-order valence-electron chi connectivity index (χ1n) is 26.9. The number of hydrogen-bond acceptors (Lipinski definition) is 8. The summed E-state index contributed by atoms with van der Waals surface area (Å²) in [5.41, 5.74) is 0. The Labute approximate surface area is 382 Å². The van der Waals surface area contributed by atoms with Crippen molar-refractivity contribution in [3.63, 3.8) is 0 Å². The van der Waals surface area contributed by atoms with Gasteiger partial charge in [0.05, 0.1) is 25.4 Å². The van der Waals surface area contributed by atoms with Gasteiger partial charge in [0.2, 0.25) is 5.91 Å². The lowest BCUT2D eigenvalue weighted by Crippen LogP contribution is -2.60. The van der Waals surface area contributed by atoms with E-state index in [1.165, 1.54) is 205 Å². The SMILES string of the molecule is CCCCCCCCCCCCCC/C=C/[C@@H](O)[C@H](CO[C@@H]1O[C@H](CO)[C@H](O)C(O)C1O)NC(=O)CCCCCCCCCCCCCCCCCCCCCCCCCCC. The first-order chi connectivity index (χ1) is 30.3. The highest BCUT2D eigenvalue weighted by Gasteiger charge is 2.44. The van der Waals surface area contributed by atoms with Crippen molar-refractivity contribution in [3.05, 3.63) is 12.2 Å². The summed E-state index contributed by atoms with van der Waals surface area (Å²) in [5.74, 6) is -0.171. The maximum atomic E-state index is 13.0. The van der Waals surface area contributed by atoms with E-state index in [-0.39, 0.29) is 12.5 Å². The molecule has 1 aliphatic heterocycles. The molecule has 0 saturated carbocycles. The summed E-state index contributed by atoms with van der Waals surface area (Å²) < 4.78 is 11.2. The Hall–Kier alpha value is -1.07. The minimum Gasteiger partial charge on any atom is -0.394 e. The van der Waals surface area contributed by atoms with Crippen LogP contribution in [0.1, 0.15) is 264 Å². The van der Waals surface area contributed by atoms with Crippen LogP contribution in [0.2, 0.25) is 0 Å². The molecule has 0 aromatic heterocycles. The van der Waals surface area contributed by atoms with Crippen molar-refractivity contribution in [2.45, 2.75) is 307 Å². The van der Waals surface area contributed by atoms with Gasteiger partial charge in [-0.05, 0) is 19.3 Å². The molecule has 0 aliphatic carbocycles. The van der Waals surface area contributed by atoms with Crippen LogP contribution in [0.15, 0.2) is 12.2 Å². The molecule has 0 radical (unpaired) electrons. The number of carbonyl (C=O) groups excluding carboxylic acids is 1. The second-order valence-corrected chi connectivity index (χ2v) is 19.0. The molecule has 7 atom stereocenters. The van der Waals surface area contributed by atoms with Gasteiger partial charge in [-0.15, -0.1) is 0 Å². The van der Waals surface area contributed by atoms with E-state index in [4.69, 9.17) is 9.47 Å². The van der Waals surface area contributed by atoms with E-state index < -0.39 is 49.5 Å². The van der Waals surface area contributed by atoms with Gasteiger partial charge >= 0.3 is 0 Å². The molecule has 0 spiro atoms. The third kappa shape index (κ3) is 33.4. The number of hydrogen-bond donors (Lipinski definition) is 6. The van der Waals surface area contributed by atoms with Crippen LogP contribution < -0.4 is 5.32 Å². The Morgan fingerprint density at radius 1 is 0.532 bits per heavy atom. The number of ether oxygens (including phenoxy) is 2. The summed E-state index contributed by atoms with van der Waals surface area (Å²) in [6.45, 7) is 3.80. The highest BCUT2D eigenvalue weighted by atomic mass is 16.7. The molecule has 2 unspecified atom stereocenters. The Morgan fingerprint density at radius 3 is 1.26 bits per heavy atom. The molecule has 1 saturated heterocycles. The molecule has 6 N–H and O–H groups in total. The topological polar surface area (TPSA) is 149 Å². The summed E-state index contributed by atoms with van der Waals surface area (Å²) >= 11 is 0. The Balaban J connectivity index is 2.20. The van der Waals surface area contributed by atoms with Crippen molar-refractivity contribution < 1.29 is 39.8 Å². The molecule has 9 heteroatoms. The molecular formula is C53H103NO8. The summed E-state index contributed by atoms with van der Waals surface area (Å²) in [6, 6.07) is -0.799. The Kier molecular flexibility index (Phi) is 41.6. The molecule has 0 bridgehead atoms. The number of allylic oxidation sites excluding steroid dienone is 1. The summed E-state index contributed by atoms with van der Waals surface area (Å²) in [5, 5.41) is 54.3. The average molecular weight is 882 g/mol. The smallest absolute Gasteiger partial charge is 0.220 e. The van der Waals surface area contributed by atoms with Gasteiger partial charge in [-0.3, -0.25) is 4.79 Å². The molecule has 1 aliphatic rings. The van der Waals surface area contributed by atoms with Crippen LogP contribution in [-0.2, 0) is 14.3 Å². The third-order valence-corrected chi connectivity index (χ3v) is 13.1. The van der Waals surface area contributed by atoms with Crippen molar-refractivity contribution >= 4 is 5.91 Å². The van der Waals surface area contributed by atoms with Crippen LogP contribution in [-0.4, -0.2) is 87.5 Å². The van der Waals surface area contributed by atoms with Crippen LogP contribution in [0, 0.1) is 0 Å². The largest absolute Gasteiger partial charge is 0.394 e. The second-order valence-electron chi connectivity index (χ2n) is 19.0. The number of rotatable bonds is 46. The molecule has 9 nitrogen and oxygen atoms in total. The quantitative estimate of drug-likeness (QED) is 0.0261. The third-order valence-electron chi connectivity index (χ3n) is 13.1. The maximum absolute atomic E-state index is 13.0. The predicted octanol–water partition coefficient (Wildman–Crippen LogP) is 12.5. The van der Waals surface area contributed by atoms with Crippen molar-refractivity contribution in [2.75, 3.05) is 13.2 Å². The van der Waals surface area contributed by atoms with Crippen LogP contribution in [0.4, 0.5) is 0 Å².